The van der Waals surface area contributed by atoms with Gasteiger partial charge in [0.15, 0.2) is 0 Å². The molecule has 1 saturated heterocycles. The van der Waals surface area contributed by atoms with Crippen LogP contribution in [0, 0.1) is 0 Å². The summed E-state index contributed by atoms with van der Waals surface area (Å²) in [6.07, 6.45) is 1.17. The molecule has 2 rings (SSSR count). The predicted octanol–water partition coefficient (Wildman–Crippen LogP) is 3.17. The van der Waals surface area contributed by atoms with Gasteiger partial charge in [-0.15, -0.1) is 0 Å². The Bertz CT molecular complexity index is 405. The van der Waals surface area contributed by atoms with Crippen molar-refractivity contribution in [1.82, 2.24) is 4.90 Å². The number of halogens is 1. The van der Waals surface area contributed by atoms with Crippen molar-refractivity contribution in [3.8, 4) is 0 Å². The van der Waals surface area contributed by atoms with Crippen molar-refractivity contribution in [3.63, 3.8) is 0 Å². The average Bonchev–Trinajstić information content (AvgIpc) is 2.87. The number of nitrogens with two attached hydrogens (primary N) is 1. The van der Waals surface area contributed by atoms with Crippen molar-refractivity contribution in [1.29, 1.82) is 0 Å². The summed E-state index contributed by atoms with van der Waals surface area (Å²) in [5.74, 6) is 2.32. The van der Waals surface area contributed by atoms with Crippen molar-refractivity contribution in [2.24, 2.45) is 5.73 Å². The summed E-state index contributed by atoms with van der Waals surface area (Å²) in [4.78, 5) is 2.41. The van der Waals surface area contributed by atoms with E-state index < -0.39 is 0 Å². The van der Waals surface area contributed by atoms with Crippen LogP contribution in [0.15, 0.2) is 24.3 Å². The minimum atomic E-state index is 0.128. The van der Waals surface area contributed by atoms with E-state index in [0.29, 0.717) is 12.6 Å². The molecule has 2 unspecified atom stereocenters. The Balaban J connectivity index is 2.23. The Morgan fingerprint density at radius 3 is 2.78 bits per heavy atom. The first-order valence-electron chi connectivity index (χ1n) is 6.36. The van der Waals surface area contributed by atoms with E-state index in [1.165, 1.54) is 17.7 Å². The van der Waals surface area contributed by atoms with Crippen LogP contribution in [0.1, 0.15) is 24.9 Å². The predicted molar refractivity (Wildman–Crippen MR) is 81.4 cm³/mol. The zero-order valence-corrected chi connectivity index (χ0v) is 12.6. The monoisotopic (exact) mass is 284 g/mol. The molecule has 18 heavy (non-hydrogen) atoms. The molecule has 1 aromatic carbocycles. The second-order valence-electron chi connectivity index (χ2n) is 5.04. The van der Waals surface area contributed by atoms with E-state index >= 15 is 0 Å². The van der Waals surface area contributed by atoms with Gasteiger partial charge in [0.2, 0.25) is 0 Å². The zero-order valence-electron chi connectivity index (χ0n) is 11.0. The molecule has 0 bridgehead atoms. The van der Waals surface area contributed by atoms with E-state index in [-0.39, 0.29) is 5.54 Å². The highest BCUT2D eigenvalue weighted by Gasteiger charge is 2.39. The molecule has 4 heteroatoms. The van der Waals surface area contributed by atoms with Crippen LogP contribution in [0.2, 0.25) is 5.02 Å². The lowest BCUT2D eigenvalue weighted by atomic mass is 9.93. The maximum Gasteiger partial charge on any atom is 0.0453 e. The number of likely N-dealkylation sites (N-methyl/N-ethyl adjacent to an activating group) is 1. The van der Waals surface area contributed by atoms with Gasteiger partial charge in [-0.25, -0.2) is 0 Å². The molecule has 0 amide bonds. The zero-order chi connectivity index (χ0) is 13.2. The van der Waals surface area contributed by atoms with E-state index in [1.54, 1.807) is 0 Å². The summed E-state index contributed by atoms with van der Waals surface area (Å²) in [6.45, 7) is 2.92. The van der Waals surface area contributed by atoms with Crippen LogP contribution in [0.5, 0.6) is 0 Å². The van der Waals surface area contributed by atoms with E-state index in [4.69, 9.17) is 17.3 Å². The summed E-state index contributed by atoms with van der Waals surface area (Å²) in [7, 11) is 2.17. The van der Waals surface area contributed by atoms with E-state index in [9.17, 15) is 0 Å². The lowest BCUT2D eigenvalue weighted by Gasteiger charge is -2.41. The maximum atomic E-state index is 6.30. The third-order valence-corrected chi connectivity index (χ3v) is 5.73. The van der Waals surface area contributed by atoms with Crippen LogP contribution in [-0.2, 0) is 0 Å². The molecular weight excluding hydrogens is 264 g/mol. The smallest absolute Gasteiger partial charge is 0.0453 e. The van der Waals surface area contributed by atoms with Crippen molar-refractivity contribution in [2.45, 2.75) is 24.9 Å². The average molecular weight is 285 g/mol. The second kappa shape index (κ2) is 5.83. The number of nitrogens with zero attached hydrogens (tertiary/aromatic N) is 1. The lowest BCUT2D eigenvalue weighted by molar-refractivity contribution is 0.107. The van der Waals surface area contributed by atoms with Gasteiger partial charge in [-0.2, -0.15) is 11.8 Å². The number of thioether (sulfide) groups is 1. The molecule has 100 valence electrons. The Morgan fingerprint density at radius 1 is 1.50 bits per heavy atom. The fourth-order valence-corrected chi connectivity index (χ4v) is 4.42. The van der Waals surface area contributed by atoms with Gasteiger partial charge in [-0.1, -0.05) is 29.8 Å². The molecule has 0 saturated carbocycles. The Hall–Kier alpha value is -0.220. The van der Waals surface area contributed by atoms with Gasteiger partial charge in [0.1, 0.15) is 0 Å². The fourth-order valence-electron chi connectivity index (χ4n) is 2.61. The van der Waals surface area contributed by atoms with Crippen LogP contribution >= 0.6 is 23.4 Å². The molecular formula is C14H21ClN2S. The minimum absolute atomic E-state index is 0.128. The molecule has 0 spiro atoms. The van der Waals surface area contributed by atoms with Crippen molar-refractivity contribution >= 4 is 23.4 Å². The van der Waals surface area contributed by atoms with Crippen LogP contribution in [-0.4, -0.2) is 35.5 Å². The van der Waals surface area contributed by atoms with E-state index in [2.05, 4.69) is 24.9 Å². The van der Waals surface area contributed by atoms with Gasteiger partial charge in [-0.05, 0) is 37.8 Å². The van der Waals surface area contributed by atoms with Gasteiger partial charge in [0.25, 0.3) is 0 Å². The third kappa shape index (κ3) is 2.55. The Kier molecular flexibility index (Phi) is 4.59. The van der Waals surface area contributed by atoms with E-state index in [1.807, 2.05) is 30.0 Å². The van der Waals surface area contributed by atoms with Crippen LogP contribution in [0.25, 0.3) is 0 Å². The second-order valence-corrected chi connectivity index (χ2v) is 6.55. The van der Waals surface area contributed by atoms with Crippen LogP contribution in [0.4, 0.5) is 0 Å². The highest BCUT2D eigenvalue weighted by Crippen LogP contribution is 2.38. The molecule has 0 radical (unpaired) electrons. The summed E-state index contributed by atoms with van der Waals surface area (Å²) in [5.41, 5.74) is 7.35. The van der Waals surface area contributed by atoms with Gasteiger partial charge in [0.05, 0.1) is 0 Å². The highest BCUT2D eigenvalue weighted by molar-refractivity contribution is 7.99. The van der Waals surface area contributed by atoms with Gasteiger partial charge < -0.3 is 5.73 Å². The van der Waals surface area contributed by atoms with Crippen LogP contribution in [0.3, 0.4) is 0 Å². The SMILES string of the molecule is CC(c1ccccc1Cl)N(C)C1(CN)CCSC1. The highest BCUT2D eigenvalue weighted by atomic mass is 35.5. The van der Waals surface area contributed by atoms with Crippen molar-refractivity contribution < 1.29 is 0 Å². The maximum absolute atomic E-state index is 6.30. The molecule has 0 aliphatic carbocycles. The first kappa shape index (κ1) is 14.2. The van der Waals surface area contributed by atoms with Crippen molar-refractivity contribution in [2.75, 3.05) is 25.1 Å². The molecule has 2 N–H and O–H groups in total. The summed E-state index contributed by atoms with van der Waals surface area (Å²) in [5, 5.41) is 0.842. The molecule has 1 aromatic rings. The minimum Gasteiger partial charge on any atom is -0.329 e. The summed E-state index contributed by atoms with van der Waals surface area (Å²) in [6, 6.07) is 8.38. The summed E-state index contributed by atoms with van der Waals surface area (Å²) < 4.78 is 0. The largest absolute Gasteiger partial charge is 0.329 e. The first-order chi connectivity index (χ1) is 8.60. The molecule has 1 aliphatic rings. The van der Waals surface area contributed by atoms with Gasteiger partial charge >= 0.3 is 0 Å². The quantitative estimate of drug-likeness (QED) is 0.921. The third-order valence-electron chi connectivity index (χ3n) is 4.15. The molecule has 1 fully saturated rings. The Morgan fingerprint density at radius 2 is 2.22 bits per heavy atom. The van der Waals surface area contributed by atoms with E-state index in [0.717, 1.165) is 10.8 Å². The number of hydrogen-bond donors (Lipinski definition) is 1. The molecule has 1 aliphatic heterocycles. The summed E-state index contributed by atoms with van der Waals surface area (Å²) >= 11 is 8.29. The Labute approximate surface area is 119 Å². The first-order valence-corrected chi connectivity index (χ1v) is 7.89. The number of hydrogen-bond acceptors (Lipinski definition) is 3. The number of benzene rings is 1. The topological polar surface area (TPSA) is 29.3 Å². The molecule has 2 nitrogen and oxygen atoms in total. The van der Waals surface area contributed by atoms with Gasteiger partial charge in [0, 0.05) is 28.9 Å². The standard InChI is InChI=1S/C14H21ClN2S/c1-11(12-5-3-4-6-13(12)15)17(2)14(9-16)7-8-18-10-14/h3-6,11H,7-10,16H2,1-2H3. The molecule has 1 heterocycles. The van der Waals surface area contributed by atoms with Crippen molar-refractivity contribution in [3.05, 3.63) is 34.9 Å². The number of rotatable bonds is 4. The molecule has 2 atom stereocenters. The van der Waals surface area contributed by atoms with Crippen LogP contribution < -0.4 is 5.73 Å². The van der Waals surface area contributed by atoms with Gasteiger partial charge in [-0.3, -0.25) is 4.90 Å². The fraction of sp³-hybridized carbons (Fsp3) is 0.571. The normalized spacial score (nSPS) is 25.6. The lowest BCUT2D eigenvalue weighted by Crippen LogP contribution is -2.53. The molecule has 0 aromatic heterocycles.